The number of nitrogens with zero attached hydrogens (tertiary/aromatic N) is 1. The fourth-order valence-electron chi connectivity index (χ4n) is 2.60. The first-order chi connectivity index (χ1) is 10.8. The number of fused-ring (bicyclic) bond motifs is 1. The molecule has 2 amide bonds. The normalized spacial score (nSPS) is 20.5. The van der Waals surface area contributed by atoms with Gasteiger partial charge in [0, 0.05) is 24.7 Å². The molecule has 0 saturated carbocycles. The van der Waals surface area contributed by atoms with Crippen molar-refractivity contribution in [2.75, 3.05) is 30.9 Å². The van der Waals surface area contributed by atoms with Crippen LogP contribution in [0.3, 0.4) is 0 Å². The molecule has 2 aliphatic rings. The van der Waals surface area contributed by atoms with Gasteiger partial charge in [0.1, 0.15) is 13.2 Å². The van der Waals surface area contributed by atoms with Crippen LogP contribution in [0.25, 0.3) is 0 Å². The van der Waals surface area contributed by atoms with E-state index in [1.165, 1.54) is 4.90 Å². The minimum Gasteiger partial charge on any atom is -0.486 e. The average molecular weight is 340 g/mol. The number of carbonyl (C=O) groups excluding carboxylic acids is 2. The van der Waals surface area contributed by atoms with E-state index in [9.17, 15) is 18.0 Å². The molecule has 1 aromatic rings. The number of benzene rings is 1. The van der Waals surface area contributed by atoms with E-state index in [1.54, 1.807) is 18.2 Å². The molecule has 9 heteroatoms. The van der Waals surface area contributed by atoms with E-state index in [2.05, 4.69) is 0 Å². The SMILES string of the molecule is CS(=O)(=O)NC(=O)[C@@H]1CC(=O)N(c2ccc3c(c2)OCCO3)C1. The van der Waals surface area contributed by atoms with Gasteiger partial charge in [-0.3, -0.25) is 14.3 Å². The lowest BCUT2D eigenvalue weighted by Crippen LogP contribution is -2.36. The van der Waals surface area contributed by atoms with Crippen molar-refractivity contribution in [2.24, 2.45) is 5.92 Å². The highest BCUT2D eigenvalue weighted by Gasteiger charge is 2.36. The third-order valence-corrected chi connectivity index (χ3v) is 4.19. The van der Waals surface area contributed by atoms with Crippen LogP contribution in [-0.4, -0.2) is 46.2 Å². The first-order valence-electron chi connectivity index (χ1n) is 7.05. The summed E-state index contributed by atoms with van der Waals surface area (Å²) >= 11 is 0. The molecular formula is C14H16N2O6S. The topological polar surface area (TPSA) is 102 Å². The number of nitrogens with one attached hydrogen (secondary N) is 1. The van der Waals surface area contributed by atoms with E-state index >= 15 is 0 Å². The molecular weight excluding hydrogens is 324 g/mol. The van der Waals surface area contributed by atoms with Gasteiger partial charge in [-0.15, -0.1) is 0 Å². The van der Waals surface area contributed by atoms with E-state index in [0.717, 1.165) is 6.26 Å². The molecule has 1 saturated heterocycles. The summed E-state index contributed by atoms with van der Waals surface area (Å²) < 4.78 is 35.1. The highest BCUT2D eigenvalue weighted by atomic mass is 32.2. The molecule has 1 aromatic carbocycles. The molecule has 3 rings (SSSR count). The van der Waals surface area contributed by atoms with Crippen LogP contribution in [0.4, 0.5) is 5.69 Å². The van der Waals surface area contributed by atoms with Crippen LogP contribution in [0.5, 0.6) is 11.5 Å². The van der Waals surface area contributed by atoms with Gasteiger partial charge in [0.25, 0.3) is 0 Å². The number of anilines is 1. The largest absolute Gasteiger partial charge is 0.486 e. The van der Waals surface area contributed by atoms with Crippen molar-refractivity contribution in [3.8, 4) is 11.5 Å². The molecule has 0 bridgehead atoms. The predicted molar refractivity (Wildman–Crippen MR) is 80.9 cm³/mol. The Morgan fingerprint density at radius 1 is 1.26 bits per heavy atom. The Morgan fingerprint density at radius 2 is 1.96 bits per heavy atom. The van der Waals surface area contributed by atoms with Crippen molar-refractivity contribution in [1.82, 2.24) is 4.72 Å². The summed E-state index contributed by atoms with van der Waals surface area (Å²) in [5.41, 5.74) is 0.592. The highest BCUT2D eigenvalue weighted by molar-refractivity contribution is 7.89. The van der Waals surface area contributed by atoms with Crippen molar-refractivity contribution in [2.45, 2.75) is 6.42 Å². The molecule has 23 heavy (non-hydrogen) atoms. The lowest BCUT2D eigenvalue weighted by atomic mass is 10.1. The zero-order valence-corrected chi connectivity index (χ0v) is 13.3. The molecule has 1 atom stereocenters. The molecule has 1 fully saturated rings. The summed E-state index contributed by atoms with van der Waals surface area (Å²) in [6, 6.07) is 5.10. The van der Waals surface area contributed by atoms with E-state index in [4.69, 9.17) is 9.47 Å². The van der Waals surface area contributed by atoms with Gasteiger partial charge in [0.2, 0.25) is 21.8 Å². The third kappa shape index (κ3) is 3.39. The van der Waals surface area contributed by atoms with Gasteiger partial charge in [-0.25, -0.2) is 8.42 Å². The standard InChI is InChI=1S/C14H16N2O6S/c1-23(19,20)15-14(18)9-6-13(17)16(8-9)10-2-3-11-12(7-10)22-5-4-21-11/h2-3,7,9H,4-6,8H2,1H3,(H,15,18)/t9-/m1/s1. The van der Waals surface area contributed by atoms with Crippen LogP contribution in [0.1, 0.15) is 6.42 Å². The number of ether oxygens (including phenoxy) is 2. The molecule has 0 aliphatic carbocycles. The summed E-state index contributed by atoms with van der Waals surface area (Å²) in [4.78, 5) is 25.5. The van der Waals surface area contributed by atoms with E-state index < -0.39 is 21.8 Å². The second kappa shape index (κ2) is 5.73. The Morgan fingerprint density at radius 3 is 2.65 bits per heavy atom. The summed E-state index contributed by atoms with van der Waals surface area (Å²) in [7, 11) is -3.64. The lowest BCUT2D eigenvalue weighted by molar-refractivity contribution is -0.124. The second-order valence-electron chi connectivity index (χ2n) is 5.47. The molecule has 0 unspecified atom stereocenters. The van der Waals surface area contributed by atoms with Crippen LogP contribution >= 0.6 is 0 Å². The first-order valence-corrected chi connectivity index (χ1v) is 8.94. The number of amides is 2. The number of sulfonamides is 1. The maximum atomic E-state index is 12.1. The number of hydrogen-bond donors (Lipinski definition) is 1. The molecule has 0 radical (unpaired) electrons. The predicted octanol–water partition coefficient (Wildman–Crippen LogP) is -0.113. The molecule has 0 spiro atoms. The molecule has 2 heterocycles. The fraction of sp³-hybridized carbons (Fsp3) is 0.429. The second-order valence-corrected chi connectivity index (χ2v) is 7.22. The van der Waals surface area contributed by atoms with Crippen molar-refractivity contribution in [3.05, 3.63) is 18.2 Å². The summed E-state index contributed by atoms with van der Waals surface area (Å²) in [5, 5.41) is 0. The average Bonchev–Trinajstić information content (AvgIpc) is 2.87. The van der Waals surface area contributed by atoms with Gasteiger partial charge >= 0.3 is 0 Å². The Labute approximate surface area is 133 Å². The summed E-state index contributed by atoms with van der Waals surface area (Å²) in [6.07, 6.45) is 0.871. The monoisotopic (exact) mass is 340 g/mol. The Bertz CT molecular complexity index is 761. The summed E-state index contributed by atoms with van der Waals surface area (Å²) in [5.74, 6) is -0.453. The van der Waals surface area contributed by atoms with Crippen LogP contribution < -0.4 is 19.1 Å². The number of carbonyl (C=O) groups is 2. The van der Waals surface area contributed by atoms with E-state index in [1.807, 2.05) is 4.72 Å². The van der Waals surface area contributed by atoms with Gasteiger partial charge in [0.15, 0.2) is 11.5 Å². The van der Waals surface area contributed by atoms with Gasteiger partial charge < -0.3 is 14.4 Å². The third-order valence-electron chi connectivity index (χ3n) is 3.62. The van der Waals surface area contributed by atoms with Crippen molar-refractivity contribution in [3.63, 3.8) is 0 Å². The van der Waals surface area contributed by atoms with Gasteiger partial charge in [0.05, 0.1) is 12.2 Å². The van der Waals surface area contributed by atoms with E-state index in [-0.39, 0.29) is 18.9 Å². The Balaban J connectivity index is 1.77. The fourth-order valence-corrected chi connectivity index (χ4v) is 3.13. The molecule has 124 valence electrons. The zero-order chi connectivity index (χ0) is 16.6. The van der Waals surface area contributed by atoms with E-state index in [0.29, 0.717) is 30.4 Å². The van der Waals surface area contributed by atoms with Crippen LogP contribution in [0, 0.1) is 5.92 Å². The van der Waals surface area contributed by atoms with Crippen LogP contribution in [0.15, 0.2) is 18.2 Å². The minimum absolute atomic E-state index is 0.0319. The smallest absolute Gasteiger partial charge is 0.238 e. The number of hydrogen-bond acceptors (Lipinski definition) is 6. The van der Waals surface area contributed by atoms with Crippen LogP contribution in [-0.2, 0) is 19.6 Å². The molecule has 2 aliphatic heterocycles. The summed E-state index contributed by atoms with van der Waals surface area (Å²) in [6.45, 7) is 1.03. The van der Waals surface area contributed by atoms with Crippen molar-refractivity contribution < 1.29 is 27.5 Å². The highest BCUT2D eigenvalue weighted by Crippen LogP contribution is 2.35. The maximum Gasteiger partial charge on any atom is 0.238 e. The lowest BCUT2D eigenvalue weighted by Gasteiger charge is -2.22. The minimum atomic E-state index is -3.64. The van der Waals surface area contributed by atoms with Gasteiger partial charge in [-0.05, 0) is 12.1 Å². The quantitative estimate of drug-likeness (QED) is 0.823. The maximum absolute atomic E-state index is 12.1. The molecule has 0 aromatic heterocycles. The van der Waals surface area contributed by atoms with Crippen molar-refractivity contribution >= 4 is 27.5 Å². The zero-order valence-electron chi connectivity index (χ0n) is 12.4. The molecule has 1 N–H and O–H groups in total. The Kier molecular flexibility index (Phi) is 3.88. The first kappa shape index (κ1) is 15.6. The van der Waals surface area contributed by atoms with Gasteiger partial charge in [-0.1, -0.05) is 0 Å². The Hall–Kier alpha value is -2.29. The molecule has 8 nitrogen and oxygen atoms in total. The van der Waals surface area contributed by atoms with Gasteiger partial charge in [-0.2, -0.15) is 0 Å². The van der Waals surface area contributed by atoms with Crippen molar-refractivity contribution in [1.29, 1.82) is 0 Å². The number of rotatable bonds is 3. The van der Waals surface area contributed by atoms with Crippen LogP contribution in [0.2, 0.25) is 0 Å².